The van der Waals surface area contributed by atoms with E-state index in [-0.39, 0.29) is 5.91 Å². The first-order chi connectivity index (χ1) is 11.2. The van der Waals surface area contributed by atoms with Crippen molar-refractivity contribution >= 4 is 11.6 Å². The summed E-state index contributed by atoms with van der Waals surface area (Å²) < 4.78 is 0. The number of carbonyl (C=O) groups excluding carboxylic acids is 1. The number of nitrogens with one attached hydrogen (secondary N) is 2. The van der Waals surface area contributed by atoms with Crippen LogP contribution in [0.3, 0.4) is 0 Å². The molecular formula is C18H18N4O. The van der Waals surface area contributed by atoms with E-state index in [9.17, 15) is 4.79 Å². The van der Waals surface area contributed by atoms with Crippen LogP contribution in [0, 0.1) is 0 Å². The second kappa shape index (κ2) is 6.87. The maximum Gasteiger partial charge on any atom is 0.276 e. The normalized spacial score (nSPS) is 10.5. The molecule has 0 aliphatic heterocycles. The van der Waals surface area contributed by atoms with Gasteiger partial charge >= 0.3 is 0 Å². The van der Waals surface area contributed by atoms with Gasteiger partial charge in [-0.2, -0.15) is 5.10 Å². The molecule has 1 aromatic carbocycles. The van der Waals surface area contributed by atoms with Gasteiger partial charge < -0.3 is 5.32 Å². The highest BCUT2D eigenvalue weighted by Crippen LogP contribution is 2.14. The summed E-state index contributed by atoms with van der Waals surface area (Å²) in [5.74, 6) is -0.206. The number of H-pyrrole nitrogens is 1. The molecule has 3 rings (SSSR count). The van der Waals surface area contributed by atoms with Gasteiger partial charge in [-0.05, 0) is 54.3 Å². The van der Waals surface area contributed by atoms with Crippen LogP contribution in [0.1, 0.15) is 34.2 Å². The number of anilines is 1. The molecule has 2 heterocycles. The lowest BCUT2D eigenvalue weighted by Crippen LogP contribution is -2.12. The van der Waals surface area contributed by atoms with E-state index in [4.69, 9.17) is 0 Å². The molecule has 2 aromatic heterocycles. The Labute approximate surface area is 134 Å². The summed E-state index contributed by atoms with van der Waals surface area (Å²) in [7, 11) is 0. The van der Waals surface area contributed by atoms with Gasteiger partial charge in [0.2, 0.25) is 0 Å². The maximum atomic E-state index is 12.1. The van der Waals surface area contributed by atoms with Crippen LogP contribution in [0.25, 0.3) is 0 Å². The smallest absolute Gasteiger partial charge is 0.276 e. The minimum Gasteiger partial charge on any atom is -0.321 e. The van der Waals surface area contributed by atoms with Gasteiger partial charge in [0.1, 0.15) is 0 Å². The SMILES string of the molecule is CCc1cc(C(=O)Nc2ccc(Cc3ccncc3)cc2)n[nH]1. The molecule has 0 radical (unpaired) electrons. The van der Waals surface area contributed by atoms with E-state index in [2.05, 4.69) is 20.5 Å². The number of pyridine rings is 1. The molecule has 1 amide bonds. The molecule has 116 valence electrons. The van der Waals surface area contributed by atoms with Crippen LogP contribution in [-0.2, 0) is 12.8 Å². The summed E-state index contributed by atoms with van der Waals surface area (Å²) in [5.41, 5.74) is 4.50. The maximum absolute atomic E-state index is 12.1. The molecule has 0 bridgehead atoms. The molecule has 0 spiro atoms. The monoisotopic (exact) mass is 306 g/mol. The van der Waals surface area contributed by atoms with Crippen LogP contribution < -0.4 is 5.32 Å². The average Bonchev–Trinajstić information content (AvgIpc) is 3.07. The molecule has 0 aliphatic rings. The third kappa shape index (κ3) is 3.83. The highest BCUT2D eigenvalue weighted by atomic mass is 16.1. The number of aryl methyl sites for hydroxylation is 1. The van der Waals surface area contributed by atoms with E-state index in [1.165, 1.54) is 11.1 Å². The van der Waals surface area contributed by atoms with Gasteiger partial charge in [0.15, 0.2) is 5.69 Å². The number of amides is 1. The Morgan fingerprint density at radius 3 is 2.43 bits per heavy atom. The predicted molar refractivity (Wildman–Crippen MR) is 89.4 cm³/mol. The largest absolute Gasteiger partial charge is 0.321 e. The Bertz CT molecular complexity index is 778. The number of carbonyl (C=O) groups is 1. The van der Waals surface area contributed by atoms with E-state index < -0.39 is 0 Å². The average molecular weight is 306 g/mol. The lowest BCUT2D eigenvalue weighted by Gasteiger charge is -2.05. The van der Waals surface area contributed by atoms with Crippen molar-refractivity contribution in [2.75, 3.05) is 5.32 Å². The molecule has 0 saturated heterocycles. The third-order valence-electron chi connectivity index (χ3n) is 3.61. The van der Waals surface area contributed by atoms with E-state index >= 15 is 0 Å². The first kappa shape index (κ1) is 15.0. The lowest BCUT2D eigenvalue weighted by atomic mass is 10.1. The van der Waals surface area contributed by atoms with Crippen molar-refractivity contribution in [2.24, 2.45) is 0 Å². The van der Waals surface area contributed by atoms with Crippen molar-refractivity contribution in [1.29, 1.82) is 0 Å². The van der Waals surface area contributed by atoms with Gasteiger partial charge in [-0.1, -0.05) is 19.1 Å². The molecule has 0 saturated carbocycles. The first-order valence-electron chi connectivity index (χ1n) is 7.58. The van der Waals surface area contributed by atoms with Crippen LogP contribution in [0.15, 0.2) is 54.9 Å². The minimum atomic E-state index is -0.206. The first-order valence-corrected chi connectivity index (χ1v) is 7.58. The van der Waals surface area contributed by atoms with Gasteiger partial charge in [-0.3, -0.25) is 14.9 Å². The fourth-order valence-electron chi connectivity index (χ4n) is 2.30. The standard InChI is InChI=1S/C18H18N4O/c1-2-15-12-17(22-21-15)18(23)20-16-5-3-13(4-6-16)11-14-7-9-19-10-8-14/h3-10,12H,2,11H2,1H3,(H,20,23)(H,21,22). The Kier molecular flexibility index (Phi) is 4.47. The van der Waals surface area contributed by atoms with Crippen molar-refractivity contribution in [1.82, 2.24) is 15.2 Å². The van der Waals surface area contributed by atoms with Crippen molar-refractivity contribution in [3.63, 3.8) is 0 Å². The fraction of sp³-hybridized carbons (Fsp3) is 0.167. The van der Waals surface area contributed by atoms with Gasteiger partial charge in [0.25, 0.3) is 5.91 Å². The van der Waals surface area contributed by atoms with E-state index in [1.807, 2.05) is 43.3 Å². The highest BCUT2D eigenvalue weighted by molar-refractivity contribution is 6.02. The quantitative estimate of drug-likeness (QED) is 0.760. The Balaban J connectivity index is 1.64. The summed E-state index contributed by atoms with van der Waals surface area (Å²) >= 11 is 0. The van der Waals surface area contributed by atoms with Gasteiger partial charge in [-0.15, -0.1) is 0 Å². The van der Waals surface area contributed by atoms with Crippen molar-refractivity contribution < 1.29 is 4.79 Å². The molecule has 2 N–H and O–H groups in total. The fourth-order valence-corrected chi connectivity index (χ4v) is 2.30. The summed E-state index contributed by atoms with van der Waals surface area (Å²) in [6, 6.07) is 13.6. The summed E-state index contributed by atoms with van der Waals surface area (Å²) in [4.78, 5) is 16.1. The molecular weight excluding hydrogens is 288 g/mol. The molecule has 0 unspecified atom stereocenters. The van der Waals surface area contributed by atoms with Gasteiger partial charge in [0, 0.05) is 23.8 Å². The lowest BCUT2D eigenvalue weighted by molar-refractivity contribution is 0.102. The number of hydrogen-bond donors (Lipinski definition) is 2. The van der Waals surface area contributed by atoms with E-state index in [0.29, 0.717) is 5.69 Å². The Morgan fingerprint density at radius 1 is 1.09 bits per heavy atom. The number of benzene rings is 1. The zero-order valence-corrected chi connectivity index (χ0v) is 12.9. The number of aromatic nitrogens is 3. The van der Waals surface area contributed by atoms with Gasteiger partial charge in [0.05, 0.1) is 0 Å². The third-order valence-corrected chi connectivity index (χ3v) is 3.61. The Hall–Kier alpha value is -2.95. The summed E-state index contributed by atoms with van der Waals surface area (Å²) in [5, 5.41) is 9.71. The molecule has 5 nitrogen and oxygen atoms in total. The molecule has 0 atom stereocenters. The van der Waals surface area contributed by atoms with Gasteiger partial charge in [-0.25, -0.2) is 0 Å². The van der Waals surface area contributed by atoms with Crippen molar-refractivity contribution in [3.8, 4) is 0 Å². The van der Waals surface area contributed by atoms with Crippen molar-refractivity contribution in [3.05, 3.63) is 77.4 Å². The Morgan fingerprint density at radius 2 is 1.78 bits per heavy atom. The minimum absolute atomic E-state index is 0.206. The predicted octanol–water partition coefficient (Wildman–Crippen LogP) is 3.21. The second-order valence-electron chi connectivity index (χ2n) is 5.32. The molecule has 0 fully saturated rings. The van der Waals surface area contributed by atoms with E-state index in [0.717, 1.165) is 24.2 Å². The zero-order chi connectivity index (χ0) is 16.1. The molecule has 0 aliphatic carbocycles. The van der Waals surface area contributed by atoms with E-state index in [1.54, 1.807) is 18.5 Å². The summed E-state index contributed by atoms with van der Waals surface area (Å²) in [6.45, 7) is 2.01. The number of aromatic amines is 1. The number of hydrogen-bond acceptors (Lipinski definition) is 3. The zero-order valence-electron chi connectivity index (χ0n) is 12.9. The molecule has 5 heteroatoms. The van der Waals surface area contributed by atoms with Crippen molar-refractivity contribution in [2.45, 2.75) is 19.8 Å². The van der Waals surface area contributed by atoms with Crippen LogP contribution in [0.2, 0.25) is 0 Å². The summed E-state index contributed by atoms with van der Waals surface area (Å²) in [6.07, 6.45) is 5.25. The van der Waals surface area contributed by atoms with Crippen LogP contribution in [0.5, 0.6) is 0 Å². The topological polar surface area (TPSA) is 70.7 Å². The number of nitrogens with zero attached hydrogens (tertiary/aromatic N) is 2. The van der Waals surface area contributed by atoms with Crippen LogP contribution in [0.4, 0.5) is 5.69 Å². The highest BCUT2D eigenvalue weighted by Gasteiger charge is 2.10. The molecule has 3 aromatic rings. The second-order valence-corrected chi connectivity index (χ2v) is 5.32. The number of rotatable bonds is 5. The van der Waals surface area contributed by atoms with Crippen LogP contribution >= 0.6 is 0 Å². The molecule has 23 heavy (non-hydrogen) atoms. The van der Waals surface area contributed by atoms with Crippen LogP contribution in [-0.4, -0.2) is 21.1 Å².